The smallest absolute Gasteiger partial charge is 0.411 e. The fraction of sp³-hybridized carbons (Fsp3) is 0.556. The van der Waals surface area contributed by atoms with Crippen molar-refractivity contribution in [3.63, 3.8) is 0 Å². The number of nitrogens with zero attached hydrogens (tertiary/aromatic N) is 1. The van der Waals surface area contributed by atoms with Crippen molar-refractivity contribution < 1.29 is 18.7 Å². The lowest BCUT2D eigenvalue weighted by Crippen LogP contribution is -2.57. The van der Waals surface area contributed by atoms with E-state index in [0.29, 0.717) is 18.7 Å². The third-order valence-corrected chi connectivity index (χ3v) is 3.91. The molecule has 2 N–H and O–H groups in total. The second-order valence-corrected chi connectivity index (χ2v) is 7.10. The van der Waals surface area contributed by atoms with Gasteiger partial charge in [0, 0.05) is 6.54 Å². The number of rotatable bonds is 3. The summed E-state index contributed by atoms with van der Waals surface area (Å²) >= 11 is 0. The molecule has 1 aromatic carbocycles. The molecule has 0 saturated carbocycles. The standard InChI is InChI=1S/C17H24FN3O3.CH4/c1-16(2,3)24-15(23)21-11-5-10-17(21,4)14(22)20-19-13-8-6-12(18)7-9-13;/h6-9,19H,5,10-11H2,1-4H3,(H,20,22);1H4. The van der Waals surface area contributed by atoms with Gasteiger partial charge in [0.25, 0.3) is 5.91 Å². The first-order valence-electron chi connectivity index (χ1n) is 7.94. The summed E-state index contributed by atoms with van der Waals surface area (Å²) in [5.41, 5.74) is 4.26. The van der Waals surface area contributed by atoms with E-state index in [1.165, 1.54) is 29.2 Å². The van der Waals surface area contributed by atoms with Gasteiger partial charge in [0.2, 0.25) is 0 Å². The molecule has 1 aromatic rings. The second kappa shape index (κ2) is 7.72. The highest BCUT2D eigenvalue weighted by Crippen LogP contribution is 2.30. The Hall–Kier alpha value is -2.31. The van der Waals surface area contributed by atoms with E-state index in [1.807, 2.05) is 0 Å². The van der Waals surface area contributed by atoms with Crippen LogP contribution < -0.4 is 10.9 Å². The largest absolute Gasteiger partial charge is 0.444 e. The van der Waals surface area contributed by atoms with Gasteiger partial charge in [-0.1, -0.05) is 7.43 Å². The Bertz CT molecular complexity index is 613. The van der Waals surface area contributed by atoms with Crippen molar-refractivity contribution in [1.82, 2.24) is 10.3 Å². The van der Waals surface area contributed by atoms with E-state index in [2.05, 4.69) is 10.9 Å². The Morgan fingerprint density at radius 1 is 1.24 bits per heavy atom. The minimum Gasteiger partial charge on any atom is -0.444 e. The Morgan fingerprint density at radius 3 is 2.40 bits per heavy atom. The van der Waals surface area contributed by atoms with Crippen molar-refractivity contribution >= 4 is 17.7 Å². The van der Waals surface area contributed by atoms with Crippen LogP contribution in [0.2, 0.25) is 0 Å². The number of anilines is 1. The summed E-state index contributed by atoms with van der Waals surface area (Å²) in [4.78, 5) is 26.4. The molecule has 1 heterocycles. The van der Waals surface area contributed by atoms with Crippen molar-refractivity contribution in [2.45, 2.75) is 59.1 Å². The van der Waals surface area contributed by atoms with Crippen LogP contribution in [-0.2, 0) is 9.53 Å². The van der Waals surface area contributed by atoms with Gasteiger partial charge in [-0.2, -0.15) is 0 Å². The number of nitrogens with one attached hydrogen (secondary N) is 2. The molecule has 0 spiro atoms. The molecule has 0 radical (unpaired) electrons. The van der Waals surface area contributed by atoms with Gasteiger partial charge in [-0.25, -0.2) is 9.18 Å². The van der Waals surface area contributed by atoms with Crippen LogP contribution in [0.1, 0.15) is 48.0 Å². The van der Waals surface area contributed by atoms with Crippen LogP contribution in [0.15, 0.2) is 24.3 Å². The zero-order chi connectivity index (χ0) is 18.0. The maximum absolute atomic E-state index is 12.9. The van der Waals surface area contributed by atoms with Gasteiger partial charge in [0.15, 0.2) is 0 Å². The summed E-state index contributed by atoms with van der Waals surface area (Å²) in [7, 11) is 0. The second-order valence-electron chi connectivity index (χ2n) is 7.10. The molecule has 0 bridgehead atoms. The Labute approximate surface area is 148 Å². The Kier molecular flexibility index (Phi) is 6.40. The Balaban J connectivity index is 0.00000312. The predicted octanol–water partition coefficient (Wildman–Crippen LogP) is 3.69. The molecule has 7 heteroatoms. The van der Waals surface area contributed by atoms with Crippen molar-refractivity contribution in [1.29, 1.82) is 0 Å². The third kappa shape index (κ3) is 5.08. The molecule has 1 saturated heterocycles. The highest BCUT2D eigenvalue weighted by molar-refractivity contribution is 5.90. The number of hydrogen-bond donors (Lipinski definition) is 2. The number of carbonyl (C=O) groups is 2. The third-order valence-electron chi connectivity index (χ3n) is 3.91. The van der Waals surface area contributed by atoms with Crippen LogP contribution in [0, 0.1) is 5.82 Å². The van der Waals surface area contributed by atoms with Crippen molar-refractivity contribution in [3.05, 3.63) is 30.1 Å². The first kappa shape index (κ1) is 20.7. The molecule has 1 aliphatic heterocycles. The number of benzene rings is 1. The summed E-state index contributed by atoms with van der Waals surface area (Å²) in [6.45, 7) is 7.54. The molecule has 1 unspecified atom stereocenters. The van der Waals surface area contributed by atoms with Gasteiger partial charge in [0.1, 0.15) is 17.0 Å². The zero-order valence-corrected chi connectivity index (χ0v) is 14.5. The van der Waals surface area contributed by atoms with Crippen molar-refractivity contribution in [2.75, 3.05) is 12.0 Å². The molecule has 0 aliphatic carbocycles. The molecular formula is C18H28FN3O3. The number of carbonyl (C=O) groups excluding carboxylic acids is 2. The molecule has 25 heavy (non-hydrogen) atoms. The predicted molar refractivity (Wildman–Crippen MR) is 95.5 cm³/mol. The maximum Gasteiger partial charge on any atom is 0.411 e. The van der Waals surface area contributed by atoms with Crippen LogP contribution in [0.3, 0.4) is 0 Å². The average Bonchev–Trinajstić information content (AvgIpc) is 2.88. The van der Waals surface area contributed by atoms with Crippen molar-refractivity contribution in [2.24, 2.45) is 0 Å². The Morgan fingerprint density at radius 2 is 1.84 bits per heavy atom. The fourth-order valence-corrected chi connectivity index (χ4v) is 2.61. The maximum atomic E-state index is 12.9. The lowest BCUT2D eigenvalue weighted by atomic mass is 9.98. The number of likely N-dealkylation sites (tertiary alicyclic amines) is 1. The number of halogens is 1. The first-order chi connectivity index (χ1) is 11.1. The molecule has 1 fully saturated rings. The van der Waals surface area contributed by atoms with Gasteiger partial charge >= 0.3 is 6.09 Å². The number of hydrogen-bond acceptors (Lipinski definition) is 4. The van der Waals surface area contributed by atoms with Crippen molar-refractivity contribution in [3.8, 4) is 0 Å². The van der Waals surface area contributed by atoms with E-state index in [4.69, 9.17) is 4.74 Å². The lowest BCUT2D eigenvalue weighted by molar-refractivity contribution is -0.130. The van der Waals surface area contributed by atoms with Crippen LogP contribution in [0.4, 0.5) is 14.9 Å². The van der Waals surface area contributed by atoms with Gasteiger partial charge in [-0.15, -0.1) is 0 Å². The highest BCUT2D eigenvalue weighted by atomic mass is 19.1. The average molecular weight is 353 g/mol. The topological polar surface area (TPSA) is 70.7 Å². The molecule has 6 nitrogen and oxygen atoms in total. The van der Waals surface area contributed by atoms with E-state index >= 15 is 0 Å². The van der Waals surface area contributed by atoms with Gasteiger partial charge in [0.05, 0.1) is 5.69 Å². The monoisotopic (exact) mass is 353 g/mol. The number of ether oxygens (including phenoxy) is 1. The summed E-state index contributed by atoms with van der Waals surface area (Å²) in [5.74, 6) is -0.694. The summed E-state index contributed by atoms with van der Waals surface area (Å²) in [5, 5.41) is 0. The fourth-order valence-electron chi connectivity index (χ4n) is 2.61. The van der Waals surface area contributed by atoms with Gasteiger partial charge in [-0.05, 0) is 64.8 Å². The molecule has 2 amide bonds. The lowest BCUT2D eigenvalue weighted by Gasteiger charge is -2.35. The summed E-state index contributed by atoms with van der Waals surface area (Å²) in [6, 6.07) is 5.61. The minimum absolute atomic E-state index is 0. The SMILES string of the molecule is C.CC(C)(C)OC(=O)N1CCCC1(C)C(=O)NNc1ccc(F)cc1. The number of amides is 2. The molecule has 140 valence electrons. The summed E-state index contributed by atoms with van der Waals surface area (Å²) < 4.78 is 18.3. The molecular weight excluding hydrogens is 325 g/mol. The van der Waals surface area contributed by atoms with E-state index < -0.39 is 17.2 Å². The van der Waals surface area contributed by atoms with E-state index in [0.717, 1.165) is 6.42 Å². The van der Waals surface area contributed by atoms with Crippen LogP contribution in [0.25, 0.3) is 0 Å². The zero-order valence-electron chi connectivity index (χ0n) is 14.5. The quantitative estimate of drug-likeness (QED) is 0.813. The van der Waals surface area contributed by atoms with E-state index in [-0.39, 0.29) is 19.2 Å². The minimum atomic E-state index is -0.991. The van der Waals surface area contributed by atoms with Crippen LogP contribution in [-0.4, -0.2) is 34.6 Å². The summed E-state index contributed by atoms with van der Waals surface area (Å²) in [6.07, 6.45) is 0.766. The molecule has 1 aliphatic rings. The highest BCUT2D eigenvalue weighted by Gasteiger charge is 2.47. The first-order valence-corrected chi connectivity index (χ1v) is 7.94. The van der Waals surface area contributed by atoms with Gasteiger partial charge < -0.3 is 4.74 Å². The van der Waals surface area contributed by atoms with E-state index in [1.54, 1.807) is 27.7 Å². The van der Waals surface area contributed by atoms with Gasteiger partial charge in [-0.3, -0.25) is 20.5 Å². The molecule has 2 rings (SSSR count). The van der Waals surface area contributed by atoms with Crippen LogP contribution >= 0.6 is 0 Å². The molecule has 1 atom stereocenters. The molecule has 0 aromatic heterocycles. The van der Waals surface area contributed by atoms with Crippen LogP contribution in [0.5, 0.6) is 0 Å². The normalized spacial score (nSPS) is 19.8. The number of hydrazine groups is 1. The van der Waals surface area contributed by atoms with E-state index in [9.17, 15) is 14.0 Å².